The van der Waals surface area contributed by atoms with Crippen LogP contribution in [0.25, 0.3) is 5.65 Å². The predicted molar refractivity (Wildman–Crippen MR) is 115 cm³/mol. The van der Waals surface area contributed by atoms with Crippen molar-refractivity contribution in [1.82, 2.24) is 14.4 Å². The van der Waals surface area contributed by atoms with Crippen molar-refractivity contribution in [3.63, 3.8) is 0 Å². The monoisotopic (exact) mass is 399 g/mol. The van der Waals surface area contributed by atoms with E-state index in [-0.39, 0.29) is 0 Å². The van der Waals surface area contributed by atoms with Crippen molar-refractivity contribution in [1.29, 1.82) is 0 Å². The van der Waals surface area contributed by atoms with Gasteiger partial charge in [-0.2, -0.15) is 0 Å². The number of oxime groups is 1. The number of fused-ring (bicyclic) bond motifs is 2. The van der Waals surface area contributed by atoms with Gasteiger partial charge in [-0.3, -0.25) is 9.38 Å². The first-order valence-electron chi connectivity index (χ1n) is 9.80. The lowest BCUT2D eigenvalue weighted by Crippen LogP contribution is -2.01. The van der Waals surface area contributed by atoms with Crippen molar-refractivity contribution < 1.29 is 9.94 Å². The van der Waals surface area contributed by atoms with Gasteiger partial charge in [-0.1, -0.05) is 23.4 Å². The molecule has 0 saturated heterocycles. The number of ether oxygens (including phenoxy) is 1. The summed E-state index contributed by atoms with van der Waals surface area (Å²) in [6.07, 6.45) is 7.74. The number of hydrogen-bond donors (Lipinski definition) is 2. The normalized spacial score (nSPS) is 14.2. The molecule has 0 radical (unpaired) electrons. The Morgan fingerprint density at radius 3 is 2.83 bits per heavy atom. The van der Waals surface area contributed by atoms with Crippen molar-refractivity contribution in [3.8, 4) is 5.75 Å². The first-order chi connectivity index (χ1) is 14.7. The summed E-state index contributed by atoms with van der Waals surface area (Å²) in [6, 6.07) is 14.2. The highest BCUT2D eigenvalue weighted by molar-refractivity contribution is 6.04. The predicted octanol–water partition coefficient (Wildman–Crippen LogP) is 4.20. The van der Waals surface area contributed by atoms with E-state index in [1.807, 2.05) is 34.9 Å². The number of nitrogens with one attached hydrogen (secondary N) is 1. The van der Waals surface area contributed by atoms with Crippen LogP contribution in [-0.2, 0) is 12.8 Å². The van der Waals surface area contributed by atoms with Gasteiger partial charge in [0, 0.05) is 30.1 Å². The molecule has 30 heavy (non-hydrogen) atoms. The van der Waals surface area contributed by atoms with E-state index in [9.17, 15) is 0 Å². The van der Waals surface area contributed by atoms with Crippen LogP contribution in [0.5, 0.6) is 5.75 Å². The van der Waals surface area contributed by atoms with Crippen LogP contribution in [0.3, 0.4) is 0 Å². The fourth-order valence-corrected chi connectivity index (χ4v) is 3.94. The Balaban J connectivity index is 1.51. The molecule has 0 bridgehead atoms. The topological polar surface area (TPSA) is 84.0 Å². The van der Waals surface area contributed by atoms with Crippen molar-refractivity contribution in [2.24, 2.45) is 5.16 Å². The van der Waals surface area contributed by atoms with Crippen LogP contribution in [0.15, 0.2) is 66.2 Å². The van der Waals surface area contributed by atoms with Gasteiger partial charge in [-0.15, -0.1) is 0 Å². The molecule has 0 atom stereocenters. The minimum Gasteiger partial charge on any atom is -0.497 e. The van der Waals surface area contributed by atoms with Gasteiger partial charge in [0.05, 0.1) is 24.7 Å². The van der Waals surface area contributed by atoms with E-state index in [4.69, 9.17) is 14.9 Å². The number of aromatic nitrogens is 3. The van der Waals surface area contributed by atoms with Gasteiger partial charge in [-0.05, 0) is 48.2 Å². The van der Waals surface area contributed by atoms with Crippen molar-refractivity contribution in [2.75, 3.05) is 12.4 Å². The first-order valence-corrected chi connectivity index (χ1v) is 9.80. The summed E-state index contributed by atoms with van der Waals surface area (Å²) >= 11 is 0. The molecular weight excluding hydrogens is 378 g/mol. The molecule has 2 aromatic heterocycles. The lowest BCUT2D eigenvalue weighted by atomic mass is 10.1. The quantitative estimate of drug-likeness (QED) is 0.388. The molecule has 0 fully saturated rings. The second-order valence-corrected chi connectivity index (χ2v) is 7.28. The Morgan fingerprint density at radius 2 is 2.03 bits per heavy atom. The van der Waals surface area contributed by atoms with Gasteiger partial charge in [0.1, 0.15) is 11.6 Å². The summed E-state index contributed by atoms with van der Waals surface area (Å²) in [4.78, 5) is 9.00. The molecule has 5 rings (SSSR count). The van der Waals surface area contributed by atoms with Crippen molar-refractivity contribution in [3.05, 3.63) is 83.4 Å². The van der Waals surface area contributed by atoms with E-state index >= 15 is 0 Å². The van der Waals surface area contributed by atoms with Gasteiger partial charge >= 0.3 is 0 Å². The van der Waals surface area contributed by atoms with Crippen LogP contribution in [0.2, 0.25) is 0 Å². The molecule has 0 aliphatic heterocycles. The van der Waals surface area contributed by atoms with E-state index in [1.54, 1.807) is 19.5 Å². The van der Waals surface area contributed by atoms with Crippen LogP contribution in [-0.4, -0.2) is 32.4 Å². The molecular formula is C23H21N5O2. The van der Waals surface area contributed by atoms with E-state index < -0.39 is 0 Å². The zero-order valence-corrected chi connectivity index (χ0v) is 16.5. The lowest BCUT2D eigenvalue weighted by Gasteiger charge is -2.11. The third-order valence-electron chi connectivity index (χ3n) is 5.46. The molecule has 2 N–H and O–H groups in total. The lowest BCUT2D eigenvalue weighted by molar-refractivity contribution is 0.318. The molecule has 2 heterocycles. The van der Waals surface area contributed by atoms with E-state index in [2.05, 4.69) is 33.7 Å². The van der Waals surface area contributed by atoms with Crippen molar-refractivity contribution >= 4 is 22.9 Å². The van der Waals surface area contributed by atoms with Crippen molar-refractivity contribution in [2.45, 2.75) is 19.3 Å². The van der Waals surface area contributed by atoms with Gasteiger partial charge in [0.2, 0.25) is 0 Å². The minimum absolute atomic E-state index is 0.681. The maximum atomic E-state index is 9.16. The maximum Gasteiger partial charge on any atom is 0.157 e. The van der Waals surface area contributed by atoms with Gasteiger partial charge in [-0.25, -0.2) is 4.98 Å². The highest BCUT2D eigenvalue weighted by atomic mass is 16.5. The third-order valence-corrected chi connectivity index (χ3v) is 5.46. The fraction of sp³-hybridized carbons (Fsp3) is 0.174. The molecule has 0 spiro atoms. The highest BCUT2D eigenvalue weighted by Crippen LogP contribution is 2.29. The number of imidazole rings is 1. The summed E-state index contributed by atoms with van der Waals surface area (Å²) < 4.78 is 7.27. The molecule has 150 valence electrons. The second kappa shape index (κ2) is 7.51. The average Bonchev–Trinajstić information content (AvgIpc) is 3.35. The van der Waals surface area contributed by atoms with E-state index in [0.717, 1.165) is 58.3 Å². The summed E-state index contributed by atoms with van der Waals surface area (Å²) in [5, 5.41) is 16.1. The number of rotatable bonds is 5. The van der Waals surface area contributed by atoms with Gasteiger partial charge < -0.3 is 15.3 Å². The smallest absolute Gasteiger partial charge is 0.157 e. The maximum absolute atomic E-state index is 9.16. The number of aryl methyl sites for hydroxylation is 1. The van der Waals surface area contributed by atoms with Crippen LogP contribution in [0, 0.1) is 0 Å². The van der Waals surface area contributed by atoms with Gasteiger partial charge in [0.25, 0.3) is 0 Å². The third kappa shape index (κ3) is 3.24. The summed E-state index contributed by atoms with van der Waals surface area (Å²) in [6.45, 7) is 0. The van der Waals surface area contributed by atoms with E-state index in [0.29, 0.717) is 6.42 Å². The zero-order chi connectivity index (χ0) is 20.5. The van der Waals surface area contributed by atoms with Crippen LogP contribution < -0.4 is 10.1 Å². The minimum atomic E-state index is 0.681. The zero-order valence-electron chi connectivity index (χ0n) is 16.5. The van der Waals surface area contributed by atoms with Crippen LogP contribution in [0.4, 0.5) is 11.5 Å². The largest absolute Gasteiger partial charge is 0.497 e. The van der Waals surface area contributed by atoms with Gasteiger partial charge in [0.15, 0.2) is 5.65 Å². The second-order valence-electron chi connectivity index (χ2n) is 7.28. The molecule has 1 aliphatic rings. The summed E-state index contributed by atoms with van der Waals surface area (Å²) in [7, 11) is 1.66. The highest BCUT2D eigenvalue weighted by Gasteiger charge is 2.19. The molecule has 0 unspecified atom stereocenters. The molecule has 1 aliphatic carbocycles. The SMILES string of the molecule is COc1ccc(Cc2nc3cnccn3c2Nc2ccc3c(c2)CC/C3=N\O)cc1. The molecule has 0 saturated carbocycles. The Morgan fingerprint density at radius 1 is 1.17 bits per heavy atom. The standard InChI is InChI=1S/C23H21N5O2/c1-30-18-6-2-15(3-7-18)12-21-23(28-11-10-24-14-22(28)26-21)25-17-5-8-19-16(13-17)4-9-20(19)27-29/h2-3,5-8,10-11,13-14,25,29H,4,9,12H2,1H3/b27-20+. The Bertz CT molecular complexity index is 1240. The Hall–Kier alpha value is -3.87. The van der Waals surface area contributed by atoms with Crippen LogP contribution in [0.1, 0.15) is 28.8 Å². The molecule has 7 heteroatoms. The molecule has 7 nitrogen and oxygen atoms in total. The molecule has 4 aromatic rings. The number of benzene rings is 2. The first kappa shape index (κ1) is 18.2. The number of methoxy groups -OCH3 is 1. The number of anilines is 2. The molecule has 2 aromatic carbocycles. The Kier molecular flexibility index (Phi) is 4.55. The number of nitrogens with zero attached hydrogens (tertiary/aromatic N) is 4. The number of hydrogen-bond acceptors (Lipinski definition) is 6. The van der Waals surface area contributed by atoms with Crippen LogP contribution >= 0.6 is 0 Å². The molecule has 0 amide bonds. The average molecular weight is 399 g/mol. The van der Waals surface area contributed by atoms with E-state index in [1.165, 1.54) is 5.56 Å². The summed E-state index contributed by atoms with van der Waals surface area (Å²) in [5.74, 6) is 1.75. The fourth-order valence-electron chi connectivity index (χ4n) is 3.94. The summed E-state index contributed by atoms with van der Waals surface area (Å²) in [5.41, 5.74) is 6.79. The Labute approximate surface area is 173 Å².